The van der Waals surface area contributed by atoms with Crippen LogP contribution < -0.4 is 10.5 Å². The highest BCUT2D eigenvalue weighted by molar-refractivity contribution is 5.51. The van der Waals surface area contributed by atoms with Crippen molar-refractivity contribution in [3.63, 3.8) is 0 Å². The van der Waals surface area contributed by atoms with Gasteiger partial charge in [-0.3, -0.25) is 0 Å². The molecule has 31 heavy (non-hydrogen) atoms. The van der Waals surface area contributed by atoms with Crippen molar-refractivity contribution in [3.8, 4) is 5.75 Å². The Balaban J connectivity index is 1.24. The van der Waals surface area contributed by atoms with Crippen LogP contribution in [0.3, 0.4) is 0 Å². The van der Waals surface area contributed by atoms with Crippen molar-refractivity contribution in [1.29, 1.82) is 0 Å². The predicted octanol–water partition coefficient (Wildman–Crippen LogP) is 4.65. The molecule has 0 aliphatic carbocycles. The normalized spacial score (nSPS) is 16.3. The first-order chi connectivity index (χ1) is 15.2. The maximum absolute atomic E-state index is 6.64. The van der Waals surface area contributed by atoms with Gasteiger partial charge in [0.25, 0.3) is 0 Å². The summed E-state index contributed by atoms with van der Waals surface area (Å²) in [7, 11) is 2.06. The average molecular weight is 420 g/mol. The number of para-hydroxylation sites is 2. The third-order valence-electron chi connectivity index (χ3n) is 5.92. The molecule has 5 heteroatoms. The number of likely N-dealkylation sites (tertiary alicyclic amines) is 1. The van der Waals surface area contributed by atoms with Crippen LogP contribution >= 0.6 is 0 Å². The first-order valence-electron chi connectivity index (χ1n) is 11.2. The summed E-state index contributed by atoms with van der Waals surface area (Å²) < 4.78 is 14.6. The zero-order valence-electron chi connectivity index (χ0n) is 18.3. The van der Waals surface area contributed by atoms with Gasteiger partial charge in [0.15, 0.2) is 0 Å². The standard InChI is InChI=1S/C26H33N3O2/c1-28-16-12-22(20-28)26(21-8-3-2-4-9-21)31-23-13-17-29(18-14-23)15-7-19-30-25-11-6-5-10-24(25)27/h2-6,8-12,16,20,23,26H,7,13-15,17-19,27H2,1H3. The minimum absolute atomic E-state index is 0.0105. The van der Waals surface area contributed by atoms with Crippen LogP contribution in [0.25, 0.3) is 0 Å². The van der Waals surface area contributed by atoms with Crippen LogP contribution in [0.1, 0.15) is 36.5 Å². The summed E-state index contributed by atoms with van der Waals surface area (Å²) in [6, 6.07) is 20.4. The van der Waals surface area contributed by atoms with Crippen molar-refractivity contribution in [2.45, 2.75) is 31.5 Å². The molecule has 0 saturated carbocycles. The Bertz CT molecular complexity index is 933. The number of nitrogens with zero attached hydrogens (tertiary/aromatic N) is 2. The van der Waals surface area contributed by atoms with E-state index >= 15 is 0 Å². The summed E-state index contributed by atoms with van der Waals surface area (Å²) in [4.78, 5) is 2.51. The predicted molar refractivity (Wildman–Crippen MR) is 125 cm³/mol. The Kier molecular flexibility index (Phi) is 7.28. The summed E-state index contributed by atoms with van der Waals surface area (Å²) in [6.45, 7) is 3.86. The van der Waals surface area contributed by atoms with Gasteiger partial charge in [-0.2, -0.15) is 0 Å². The Morgan fingerprint density at radius 1 is 0.968 bits per heavy atom. The van der Waals surface area contributed by atoms with Gasteiger partial charge in [0.05, 0.1) is 18.4 Å². The van der Waals surface area contributed by atoms with Crippen LogP contribution in [-0.2, 0) is 11.8 Å². The lowest BCUT2D eigenvalue weighted by Crippen LogP contribution is -2.38. The van der Waals surface area contributed by atoms with Crippen molar-refractivity contribution in [1.82, 2.24) is 9.47 Å². The summed E-state index contributed by atoms with van der Waals surface area (Å²) in [5.74, 6) is 0.780. The molecule has 1 unspecified atom stereocenters. The number of piperidine rings is 1. The third kappa shape index (κ3) is 5.90. The Labute approximate surface area is 185 Å². The second-order valence-electron chi connectivity index (χ2n) is 8.32. The van der Waals surface area contributed by atoms with Gasteiger partial charge in [0, 0.05) is 44.6 Å². The second-order valence-corrected chi connectivity index (χ2v) is 8.32. The van der Waals surface area contributed by atoms with Crippen LogP contribution in [0.5, 0.6) is 5.75 Å². The van der Waals surface area contributed by atoms with E-state index in [9.17, 15) is 0 Å². The molecule has 1 aromatic heterocycles. The maximum Gasteiger partial charge on any atom is 0.142 e. The highest BCUT2D eigenvalue weighted by Gasteiger charge is 2.25. The Morgan fingerprint density at radius 3 is 2.42 bits per heavy atom. The SMILES string of the molecule is Cn1ccc(C(OC2CCN(CCCOc3ccccc3N)CC2)c2ccccc2)c1. The number of hydrogen-bond acceptors (Lipinski definition) is 4. The molecule has 164 valence electrons. The molecule has 1 saturated heterocycles. The first kappa shape index (κ1) is 21.5. The number of nitrogen functional groups attached to an aromatic ring is 1. The van der Waals surface area contributed by atoms with E-state index in [-0.39, 0.29) is 12.2 Å². The van der Waals surface area contributed by atoms with Crippen LogP contribution in [0.4, 0.5) is 5.69 Å². The van der Waals surface area contributed by atoms with E-state index in [0.717, 1.165) is 44.6 Å². The molecular formula is C26H33N3O2. The smallest absolute Gasteiger partial charge is 0.142 e. The molecule has 0 radical (unpaired) electrons. The lowest BCUT2D eigenvalue weighted by Gasteiger charge is -2.34. The Morgan fingerprint density at radius 2 is 1.71 bits per heavy atom. The molecule has 0 spiro atoms. The quantitative estimate of drug-likeness (QED) is 0.405. The van der Waals surface area contributed by atoms with Crippen molar-refractivity contribution in [2.24, 2.45) is 7.05 Å². The summed E-state index contributed by atoms with van der Waals surface area (Å²) in [5.41, 5.74) is 9.07. The minimum Gasteiger partial charge on any atom is -0.491 e. The molecule has 3 aromatic rings. The highest BCUT2D eigenvalue weighted by atomic mass is 16.5. The topological polar surface area (TPSA) is 52.6 Å². The second kappa shape index (κ2) is 10.5. The summed E-state index contributed by atoms with van der Waals surface area (Å²) >= 11 is 0. The van der Waals surface area contributed by atoms with Gasteiger partial charge in [-0.15, -0.1) is 0 Å². The zero-order valence-corrected chi connectivity index (χ0v) is 18.3. The number of ether oxygens (including phenoxy) is 2. The molecule has 1 aliphatic rings. The third-order valence-corrected chi connectivity index (χ3v) is 5.92. The van der Waals surface area contributed by atoms with Gasteiger partial charge in [-0.25, -0.2) is 0 Å². The molecule has 0 bridgehead atoms. The van der Waals surface area contributed by atoms with Gasteiger partial charge in [-0.1, -0.05) is 42.5 Å². The number of aryl methyl sites for hydroxylation is 1. The van der Waals surface area contributed by atoms with E-state index in [1.807, 2.05) is 24.3 Å². The van der Waals surface area contributed by atoms with Gasteiger partial charge < -0.3 is 24.7 Å². The largest absolute Gasteiger partial charge is 0.491 e. The van der Waals surface area contributed by atoms with E-state index in [4.69, 9.17) is 15.2 Å². The maximum atomic E-state index is 6.64. The molecule has 4 rings (SSSR count). The molecule has 2 aromatic carbocycles. The molecule has 1 aliphatic heterocycles. The molecule has 0 amide bonds. The van der Waals surface area contributed by atoms with Crippen LogP contribution in [-0.4, -0.2) is 41.8 Å². The van der Waals surface area contributed by atoms with Crippen LogP contribution in [0.15, 0.2) is 73.1 Å². The molecule has 1 fully saturated rings. The molecule has 2 heterocycles. The lowest BCUT2D eigenvalue weighted by molar-refractivity contribution is -0.0273. The fourth-order valence-corrected chi connectivity index (χ4v) is 4.20. The average Bonchev–Trinajstić information content (AvgIpc) is 3.23. The molecule has 2 N–H and O–H groups in total. The molecule has 5 nitrogen and oxygen atoms in total. The van der Waals surface area contributed by atoms with Crippen LogP contribution in [0.2, 0.25) is 0 Å². The van der Waals surface area contributed by atoms with Crippen LogP contribution in [0, 0.1) is 0 Å². The van der Waals surface area contributed by atoms with Gasteiger partial charge in [0.1, 0.15) is 11.9 Å². The van der Waals surface area contributed by atoms with Gasteiger partial charge >= 0.3 is 0 Å². The Hall–Kier alpha value is -2.76. The number of nitrogens with two attached hydrogens (primary N) is 1. The van der Waals surface area contributed by atoms with E-state index in [0.29, 0.717) is 12.3 Å². The van der Waals surface area contributed by atoms with Crippen molar-refractivity contribution < 1.29 is 9.47 Å². The number of anilines is 1. The highest BCUT2D eigenvalue weighted by Crippen LogP contribution is 2.30. The monoisotopic (exact) mass is 419 g/mol. The number of rotatable bonds is 9. The van der Waals surface area contributed by atoms with Gasteiger partial charge in [-0.05, 0) is 43.0 Å². The molecule has 1 atom stereocenters. The number of benzene rings is 2. The van der Waals surface area contributed by atoms with Crippen molar-refractivity contribution in [3.05, 3.63) is 84.2 Å². The lowest BCUT2D eigenvalue weighted by atomic mass is 10.0. The summed E-state index contributed by atoms with van der Waals surface area (Å²) in [6.07, 6.45) is 7.63. The fourth-order valence-electron chi connectivity index (χ4n) is 4.20. The van der Waals surface area contributed by atoms with E-state index < -0.39 is 0 Å². The van der Waals surface area contributed by atoms with E-state index in [1.165, 1.54) is 11.1 Å². The number of hydrogen-bond donors (Lipinski definition) is 1. The minimum atomic E-state index is -0.0105. The van der Waals surface area contributed by atoms with Crippen molar-refractivity contribution >= 4 is 5.69 Å². The zero-order chi connectivity index (χ0) is 21.5. The number of aromatic nitrogens is 1. The summed E-state index contributed by atoms with van der Waals surface area (Å²) in [5, 5.41) is 0. The van der Waals surface area contributed by atoms with Crippen molar-refractivity contribution in [2.75, 3.05) is 32.0 Å². The van der Waals surface area contributed by atoms with Gasteiger partial charge in [0.2, 0.25) is 0 Å². The fraction of sp³-hybridized carbons (Fsp3) is 0.385. The van der Waals surface area contributed by atoms with E-state index in [2.05, 4.69) is 65.3 Å². The van der Waals surface area contributed by atoms with E-state index in [1.54, 1.807) is 0 Å². The molecular weight excluding hydrogens is 386 g/mol. The first-order valence-corrected chi connectivity index (χ1v) is 11.2.